The molecule has 0 bridgehead atoms. The smallest absolute Gasteiger partial charge is 0.191 e. The summed E-state index contributed by atoms with van der Waals surface area (Å²) in [4.78, 5) is 8.86. The van der Waals surface area contributed by atoms with Crippen molar-refractivity contribution in [3.8, 4) is 0 Å². The van der Waals surface area contributed by atoms with Gasteiger partial charge < -0.3 is 15.4 Å². The molecule has 0 saturated carbocycles. The van der Waals surface area contributed by atoms with Crippen LogP contribution in [-0.4, -0.2) is 57.2 Å². The first-order valence-electron chi connectivity index (χ1n) is 9.49. The summed E-state index contributed by atoms with van der Waals surface area (Å²) >= 11 is 0. The average Bonchev–Trinajstić information content (AvgIpc) is 3.19. The van der Waals surface area contributed by atoms with E-state index in [1.165, 1.54) is 5.69 Å². The zero-order chi connectivity index (χ0) is 19.2. The van der Waals surface area contributed by atoms with Crippen LogP contribution in [0.1, 0.15) is 35.9 Å². The fourth-order valence-electron chi connectivity index (χ4n) is 3.39. The second-order valence-corrected chi connectivity index (χ2v) is 6.94. The van der Waals surface area contributed by atoms with Crippen molar-refractivity contribution < 1.29 is 4.74 Å². The molecule has 3 rings (SSSR count). The summed E-state index contributed by atoms with van der Waals surface area (Å²) in [7, 11) is 3.46. The Morgan fingerprint density at radius 1 is 1.37 bits per heavy atom. The molecule has 2 aromatic heterocycles. The molecule has 27 heavy (non-hydrogen) atoms. The maximum Gasteiger partial charge on any atom is 0.191 e. The van der Waals surface area contributed by atoms with E-state index in [-0.39, 0.29) is 6.04 Å². The molecule has 9 heteroatoms. The van der Waals surface area contributed by atoms with E-state index in [4.69, 9.17) is 4.74 Å². The third-order valence-electron chi connectivity index (χ3n) is 4.68. The van der Waals surface area contributed by atoms with Crippen molar-refractivity contribution >= 4 is 5.96 Å². The molecule has 0 aromatic carbocycles. The maximum absolute atomic E-state index is 5.12. The highest BCUT2D eigenvalue weighted by Gasteiger charge is 2.22. The van der Waals surface area contributed by atoms with E-state index in [1.54, 1.807) is 14.2 Å². The molecule has 1 atom stereocenters. The van der Waals surface area contributed by atoms with Gasteiger partial charge in [0.25, 0.3) is 0 Å². The summed E-state index contributed by atoms with van der Waals surface area (Å²) < 4.78 is 9.15. The quantitative estimate of drug-likeness (QED) is 0.423. The first kappa shape index (κ1) is 19.3. The van der Waals surface area contributed by atoms with E-state index in [9.17, 15) is 0 Å². The standard InChI is InChI=1S/C18H30N8O/c1-13-10-14(2)25(23-13)9-5-8-20-18(19-3)21-15-6-7-17-22-16(12-27-4)24-26(17)11-15/h10,15H,5-9,11-12H2,1-4H3,(H2,19,20,21). The lowest BCUT2D eigenvalue weighted by molar-refractivity contribution is 0.177. The molecule has 1 aliphatic heterocycles. The highest BCUT2D eigenvalue weighted by Crippen LogP contribution is 2.13. The van der Waals surface area contributed by atoms with Gasteiger partial charge in [-0.3, -0.25) is 9.67 Å². The predicted octanol–water partition coefficient (Wildman–Crippen LogP) is 0.808. The molecule has 148 valence electrons. The lowest BCUT2D eigenvalue weighted by Crippen LogP contribution is -2.47. The lowest BCUT2D eigenvalue weighted by atomic mass is 10.1. The fourth-order valence-corrected chi connectivity index (χ4v) is 3.39. The van der Waals surface area contributed by atoms with Crippen LogP contribution in [0.3, 0.4) is 0 Å². The summed E-state index contributed by atoms with van der Waals surface area (Å²) in [5.41, 5.74) is 2.27. The van der Waals surface area contributed by atoms with Gasteiger partial charge in [0.05, 0.1) is 12.2 Å². The van der Waals surface area contributed by atoms with Crippen LogP contribution in [-0.2, 0) is 30.9 Å². The van der Waals surface area contributed by atoms with Gasteiger partial charge in [0.1, 0.15) is 12.4 Å². The molecular weight excluding hydrogens is 344 g/mol. The molecule has 2 N–H and O–H groups in total. The number of aryl methyl sites for hydroxylation is 4. The zero-order valence-electron chi connectivity index (χ0n) is 16.7. The third-order valence-corrected chi connectivity index (χ3v) is 4.68. The number of methoxy groups -OCH3 is 1. The molecule has 1 aliphatic rings. The molecule has 9 nitrogen and oxygen atoms in total. The largest absolute Gasteiger partial charge is 0.377 e. The number of ether oxygens (including phenoxy) is 1. The number of rotatable bonds is 7. The Kier molecular flexibility index (Phi) is 6.44. The minimum absolute atomic E-state index is 0.289. The van der Waals surface area contributed by atoms with Crippen molar-refractivity contribution in [3.63, 3.8) is 0 Å². The fraction of sp³-hybridized carbons (Fsp3) is 0.667. The summed E-state index contributed by atoms with van der Waals surface area (Å²) in [5, 5.41) is 15.9. The van der Waals surface area contributed by atoms with Crippen LogP contribution in [0.4, 0.5) is 0 Å². The van der Waals surface area contributed by atoms with Gasteiger partial charge in [-0.05, 0) is 32.8 Å². The molecule has 0 spiro atoms. The first-order chi connectivity index (χ1) is 13.1. The number of hydrogen-bond acceptors (Lipinski definition) is 5. The van der Waals surface area contributed by atoms with Gasteiger partial charge in [-0.2, -0.15) is 10.2 Å². The molecule has 0 amide bonds. The second kappa shape index (κ2) is 8.98. The highest BCUT2D eigenvalue weighted by molar-refractivity contribution is 5.79. The second-order valence-electron chi connectivity index (χ2n) is 6.94. The van der Waals surface area contributed by atoms with Crippen LogP contribution in [0.5, 0.6) is 0 Å². The van der Waals surface area contributed by atoms with Crippen molar-refractivity contribution in [1.82, 2.24) is 35.2 Å². The van der Waals surface area contributed by atoms with Gasteiger partial charge in [0, 0.05) is 45.4 Å². The van der Waals surface area contributed by atoms with E-state index in [2.05, 4.69) is 48.5 Å². The molecular formula is C18H30N8O. The zero-order valence-corrected chi connectivity index (χ0v) is 16.7. The monoisotopic (exact) mass is 374 g/mol. The Morgan fingerprint density at radius 2 is 2.22 bits per heavy atom. The van der Waals surface area contributed by atoms with E-state index in [1.807, 2.05) is 11.6 Å². The molecule has 0 aliphatic carbocycles. The van der Waals surface area contributed by atoms with E-state index >= 15 is 0 Å². The summed E-state index contributed by atoms with van der Waals surface area (Å²) in [6.07, 6.45) is 2.90. The van der Waals surface area contributed by atoms with Gasteiger partial charge in [0.15, 0.2) is 11.8 Å². The number of guanidine groups is 1. The molecule has 0 radical (unpaired) electrons. The summed E-state index contributed by atoms with van der Waals surface area (Å²) in [6.45, 7) is 7.11. The van der Waals surface area contributed by atoms with Crippen molar-refractivity contribution in [2.24, 2.45) is 4.99 Å². The first-order valence-corrected chi connectivity index (χ1v) is 9.49. The third kappa shape index (κ3) is 5.06. The normalized spacial score (nSPS) is 17.0. The maximum atomic E-state index is 5.12. The minimum Gasteiger partial charge on any atom is -0.377 e. The van der Waals surface area contributed by atoms with Crippen molar-refractivity contribution in [1.29, 1.82) is 0 Å². The number of nitrogens with zero attached hydrogens (tertiary/aromatic N) is 6. The molecule has 3 heterocycles. The number of nitrogens with one attached hydrogen (secondary N) is 2. The Labute approximate surface area is 160 Å². The number of aromatic nitrogens is 5. The Balaban J connectivity index is 1.44. The lowest BCUT2D eigenvalue weighted by Gasteiger charge is -2.25. The predicted molar refractivity (Wildman–Crippen MR) is 104 cm³/mol. The Morgan fingerprint density at radius 3 is 2.93 bits per heavy atom. The van der Waals surface area contributed by atoms with Gasteiger partial charge in [-0.1, -0.05) is 0 Å². The van der Waals surface area contributed by atoms with Crippen LogP contribution in [0.2, 0.25) is 0 Å². The van der Waals surface area contributed by atoms with Crippen molar-refractivity contribution in [2.45, 2.75) is 58.8 Å². The van der Waals surface area contributed by atoms with Gasteiger partial charge in [-0.25, -0.2) is 9.67 Å². The van der Waals surface area contributed by atoms with Gasteiger partial charge >= 0.3 is 0 Å². The number of hydrogen-bond donors (Lipinski definition) is 2. The van der Waals surface area contributed by atoms with Crippen LogP contribution < -0.4 is 10.6 Å². The molecule has 0 fully saturated rings. The van der Waals surface area contributed by atoms with Gasteiger partial charge in [-0.15, -0.1) is 0 Å². The highest BCUT2D eigenvalue weighted by atomic mass is 16.5. The van der Waals surface area contributed by atoms with Crippen molar-refractivity contribution in [3.05, 3.63) is 29.1 Å². The Hall–Kier alpha value is -2.42. The number of aliphatic imine (C=N–C) groups is 1. The minimum atomic E-state index is 0.289. The Bertz CT molecular complexity index is 778. The van der Waals surface area contributed by atoms with Gasteiger partial charge in [0.2, 0.25) is 0 Å². The molecule has 1 unspecified atom stereocenters. The van der Waals surface area contributed by atoms with E-state index < -0.39 is 0 Å². The topological polar surface area (TPSA) is 94.2 Å². The van der Waals surface area contributed by atoms with E-state index in [0.29, 0.717) is 6.61 Å². The van der Waals surface area contributed by atoms with Crippen LogP contribution >= 0.6 is 0 Å². The van der Waals surface area contributed by atoms with Crippen LogP contribution in [0.15, 0.2) is 11.1 Å². The van der Waals surface area contributed by atoms with E-state index in [0.717, 1.165) is 62.2 Å². The summed E-state index contributed by atoms with van der Waals surface area (Å²) in [5.74, 6) is 2.61. The van der Waals surface area contributed by atoms with Crippen molar-refractivity contribution in [2.75, 3.05) is 20.7 Å². The average molecular weight is 374 g/mol. The molecule has 2 aromatic rings. The summed E-state index contributed by atoms with van der Waals surface area (Å²) in [6, 6.07) is 2.39. The molecule has 0 saturated heterocycles. The van der Waals surface area contributed by atoms with Crippen LogP contribution in [0.25, 0.3) is 0 Å². The van der Waals surface area contributed by atoms with Crippen LogP contribution in [0, 0.1) is 13.8 Å². The SMILES string of the molecule is CN=C(NCCCn1nc(C)cc1C)NC1CCc2nc(COC)nn2C1. The number of fused-ring (bicyclic) bond motifs is 1.